The van der Waals surface area contributed by atoms with E-state index in [1.165, 1.54) is 24.6 Å². The predicted octanol–water partition coefficient (Wildman–Crippen LogP) is 5.36. The minimum absolute atomic E-state index is 0.0708. The Morgan fingerprint density at radius 1 is 1.18 bits per heavy atom. The van der Waals surface area contributed by atoms with Crippen molar-refractivity contribution >= 4 is 46.1 Å². The van der Waals surface area contributed by atoms with Gasteiger partial charge in [-0.2, -0.15) is 5.26 Å². The minimum Gasteiger partial charge on any atom is -0.357 e. The van der Waals surface area contributed by atoms with Crippen LogP contribution in [-0.2, 0) is 11.8 Å². The molecule has 2 saturated heterocycles. The topological polar surface area (TPSA) is 69.3 Å². The predicted molar refractivity (Wildman–Crippen MR) is 145 cm³/mol. The van der Waals surface area contributed by atoms with E-state index in [1.54, 1.807) is 16.5 Å². The van der Waals surface area contributed by atoms with Crippen molar-refractivity contribution in [2.75, 3.05) is 24.5 Å². The van der Waals surface area contributed by atoms with E-state index < -0.39 is 0 Å². The Hall–Kier alpha value is -2.11. The molecule has 34 heavy (non-hydrogen) atoms. The van der Waals surface area contributed by atoms with E-state index in [0.29, 0.717) is 27.3 Å². The summed E-state index contributed by atoms with van der Waals surface area (Å²) >= 11 is 6.93. The summed E-state index contributed by atoms with van der Waals surface area (Å²) in [5.74, 6) is 1.15. The van der Waals surface area contributed by atoms with Crippen molar-refractivity contribution in [3.05, 3.63) is 31.9 Å². The van der Waals surface area contributed by atoms with Gasteiger partial charge in [-0.1, -0.05) is 69.9 Å². The van der Waals surface area contributed by atoms with Gasteiger partial charge in [0.25, 0.3) is 11.5 Å². The highest BCUT2D eigenvalue weighted by atomic mass is 32.2. The van der Waals surface area contributed by atoms with Gasteiger partial charge < -0.3 is 4.90 Å². The van der Waals surface area contributed by atoms with Crippen molar-refractivity contribution in [3.8, 4) is 6.07 Å². The fourth-order valence-electron chi connectivity index (χ4n) is 4.84. The Morgan fingerprint density at radius 2 is 1.85 bits per heavy atom. The van der Waals surface area contributed by atoms with Crippen LogP contribution in [-0.4, -0.2) is 39.3 Å². The molecule has 0 N–H and O–H groups in total. The number of carbonyl (C=O) groups is 1. The lowest BCUT2D eigenvalue weighted by Crippen LogP contribution is -2.34. The van der Waals surface area contributed by atoms with Crippen LogP contribution in [0.1, 0.15) is 81.9 Å². The molecule has 1 unspecified atom stereocenters. The monoisotopic (exact) mass is 500 g/mol. The molecule has 0 saturated carbocycles. The Balaban J connectivity index is 2.03. The number of pyridine rings is 1. The van der Waals surface area contributed by atoms with Crippen molar-refractivity contribution < 1.29 is 4.79 Å². The third-order valence-corrected chi connectivity index (χ3v) is 8.38. The van der Waals surface area contributed by atoms with Gasteiger partial charge in [0, 0.05) is 32.2 Å². The lowest BCUT2D eigenvalue weighted by atomic mass is 9.99. The van der Waals surface area contributed by atoms with E-state index in [9.17, 15) is 14.9 Å². The maximum Gasteiger partial charge on any atom is 0.270 e. The standard InChI is InChI=1S/C26H36N4O2S2/c1-5-7-12-19(6-2)17-30-25(32)22(34-26(30)33)15-20-18(3)21(16-27)24(31)28(4)23(20)29-13-10-8-9-11-14-29/h15,19H,5-14,17H2,1-4H3/b22-15+. The first-order valence-electron chi connectivity index (χ1n) is 12.5. The summed E-state index contributed by atoms with van der Waals surface area (Å²) < 4.78 is 2.17. The number of hydrogen-bond acceptors (Lipinski definition) is 6. The van der Waals surface area contributed by atoms with Crippen LogP contribution >= 0.6 is 24.0 Å². The molecule has 184 valence electrons. The highest BCUT2D eigenvalue weighted by Gasteiger charge is 2.34. The number of anilines is 1. The number of amides is 1. The fourth-order valence-corrected chi connectivity index (χ4v) is 6.10. The second-order valence-corrected chi connectivity index (χ2v) is 11.0. The van der Waals surface area contributed by atoms with Gasteiger partial charge >= 0.3 is 0 Å². The van der Waals surface area contributed by atoms with E-state index in [4.69, 9.17) is 12.2 Å². The Kier molecular flexibility index (Phi) is 9.38. The third-order valence-electron chi connectivity index (χ3n) is 7.01. The molecule has 1 atom stereocenters. The van der Waals surface area contributed by atoms with Crippen molar-refractivity contribution in [1.29, 1.82) is 5.26 Å². The van der Waals surface area contributed by atoms with Crippen molar-refractivity contribution in [2.45, 2.75) is 72.1 Å². The fraction of sp³-hybridized carbons (Fsp3) is 0.615. The molecule has 1 aromatic rings. The highest BCUT2D eigenvalue weighted by Crippen LogP contribution is 2.37. The molecule has 1 amide bonds. The summed E-state index contributed by atoms with van der Waals surface area (Å²) in [5, 5.41) is 9.69. The van der Waals surface area contributed by atoms with Crippen LogP contribution < -0.4 is 10.5 Å². The summed E-state index contributed by atoms with van der Waals surface area (Å²) in [5.41, 5.74) is 1.25. The van der Waals surface area contributed by atoms with Crippen molar-refractivity contribution in [2.24, 2.45) is 13.0 Å². The van der Waals surface area contributed by atoms with Gasteiger partial charge in [-0.05, 0) is 43.7 Å². The van der Waals surface area contributed by atoms with Gasteiger partial charge in [-0.3, -0.25) is 19.1 Å². The molecule has 1 aromatic heterocycles. The number of thioether (sulfide) groups is 1. The summed E-state index contributed by atoms with van der Waals surface area (Å²) in [6, 6.07) is 2.09. The minimum atomic E-state index is -0.286. The molecule has 3 heterocycles. The van der Waals surface area contributed by atoms with Crippen molar-refractivity contribution in [1.82, 2.24) is 9.47 Å². The summed E-state index contributed by atoms with van der Waals surface area (Å²) in [4.78, 5) is 30.9. The lowest BCUT2D eigenvalue weighted by Gasteiger charge is -2.28. The average Bonchev–Trinajstić information content (AvgIpc) is 3.00. The van der Waals surface area contributed by atoms with E-state index >= 15 is 0 Å². The van der Waals surface area contributed by atoms with Gasteiger partial charge in [-0.25, -0.2) is 0 Å². The highest BCUT2D eigenvalue weighted by molar-refractivity contribution is 8.26. The Morgan fingerprint density at radius 3 is 2.44 bits per heavy atom. The zero-order chi connectivity index (χ0) is 24.8. The smallest absolute Gasteiger partial charge is 0.270 e. The van der Waals surface area contributed by atoms with Crippen LogP contribution in [0.15, 0.2) is 9.70 Å². The average molecular weight is 501 g/mol. The zero-order valence-electron chi connectivity index (χ0n) is 20.9. The van der Waals surface area contributed by atoms with Crippen LogP contribution in [0.5, 0.6) is 0 Å². The summed E-state index contributed by atoms with van der Waals surface area (Å²) in [6.07, 6.45) is 10.7. The number of nitriles is 1. The first-order chi connectivity index (χ1) is 16.3. The molecule has 3 rings (SSSR count). The summed E-state index contributed by atoms with van der Waals surface area (Å²) in [6.45, 7) is 8.52. The molecule has 2 aliphatic heterocycles. The molecular weight excluding hydrogens is 464 g/mol. The van der Waals surface area contributed by atoms with E-state index in [1.807, 2.05) is 13.0 Å². The Labute approximate surface area is 213 Å². The van der Waals surface area contributed by atoms with Crippen LogP contribution in [0, 0.1) is 24.2 Å². The number of thiocarbonyl (C=S) groups is 1. The van der Waals surface area contributed by atoms with Gasteiger partial charge in [0.15, 0.2) is 0 Å². The summed E-state index contributed by atoms with van der Waals surface area (Å²) in [7, 11) is 1.73. The van der Waals surface area contributed by atoms with Crippen LogP contribution in [0.2, 0.25) is 0 Å². The van der Waals surface area contributed by atoms with E-state index in [-0.39, 0.29) is 17.0 Å². The van der Waals surface area contributed by atoms with Crippen molar-refractivity contribution in [3.63, 3.8) is 0 Å². The number of unbranched alkanes of at least 4 members (excludes halogenated alkanes) is 1. The quantitative estimate of drug-likeness (QED) is 0.353. The van der Waals surface area contributed by atoms with Gasteiger partial charge in [0.05, 0.1) is 4.91 Å². The molecular formula is C26H36N4O2S2. The number of rotatable bonds is 8. The SMILES string of the molecule is CCCCC(CC)CN1C(=O)/C(=C\c2c(C)c(C#N)c(=O)n(C)c2N2CCCCCC2)SC1=S. The van der Waals surface area contributed by atoms with Crippen LogP contribution in [0.4, 0.5) is 5.82 Å². The first-order valence-corrected chi connectivity index (χ1v) is 13.7. The number of hydrogen-bond donors (Lipinski definition) is 0. The molecule has 0 bridgehead atoms. The molecule has 8 heteroatoms. The molecule has 6 nitrogen and oxygen atoms in total. The van der Waals surface area contributed by atoms with Crippen LogP contribution in [0.25, 0.3) is 6.08 Å². The first kappa shape index (κ1) is 26.5. The number of carbonyl (C=O) groups excluding carboxylic acids is 1. The molecule has 0 aliphatic carbocycles. The number of aromatic nitrogens is 1. The second kappa shape index (κ2) is 12.0. The molecule has 2 aliphatic rings. The molecule has 0 radical (unpaired) electrons. The second-order valence-electron chi connectivity index (χ2n) is 9.32. The van der Waals surface area contributed by atoms with Gasteiger partial charge in [-0.15, -0.1) is 0 Å². The molecule has 0 aromatic carbocycles. The van der Waals surface area contributed by atoms with Crippen LogP contribution in [0.3, 0.4) is 0 Å². The Bertz CT molecular complexity index is 1060. The maximum absolute atomic E-state index is 13.4. The maximum atomic E-state index is 13.4. The zero-order valence-corrected chi connectivity index (χ0v) is 22.5. The van der Waals surface area contributed by atoms with E-state index in [0.717, 1.165) is 63.0 Å². The lowest BCUT2D eigenvalue weighted by molar-refractivity contribution is -0.122. The normalized spacial score (nSPS) is 19.0. The molecule has 0 spiro atoms. The third kappa shape index (κ3) is 5.58. The number of nitrogens with zero attached hydrogens (tertiary/aromatic N) is 4. The largest absolute Gasteiger partial charge is 0.357 e. The van der Waals surface area contributed by atoms with Gasteiger partial charge in [0.1, 0.15) is 21.8 Å². The van der Waals surface area contributed by atoms with E-state index in [2.05, 4.69) is 24.8 Å². The van der Waals surface area contributed by atoms with Gasteiger partial charge in [0.2, 0.25) is 0 Å². The molecule has 2 fully saturated rings.